The lowest BCUT2D eigenvalue weighted by Crippen LogP contribution is -2.19. The zero-order valence-electron chi connectivity index (χ0n) is 13.5. The molecule has 0 bridgehead atoms. The Balaban J connectivity index is 1.82. The number of tetrazole rings is 1. The van der Waals surface area contributed by atoms with Crippen molar-refractivity contribution in [1.29, 1.82) is 0 Å². The van der Waals surface area contributed by atoms with E-state index < -0.39 is 0 Å². The minimum atomic E-state index is 0.175. The van der Waals surface area contributed by atoms with Crippen LogP contribution >= 0.6 is 15.9 Å². The molecule has 25 heavy (non-hydrogen) atoms. The highest BCUT2D eigenvalue weighted by Gasteiger charge is 2.14. The number of anilines is 1. The van der Waals surface area contributed by atoms with Crippen LogP contribution in [0.5, 0.6) is 11.5 Å². The lowest BCUT2D eigenvalue weighted by molar-refractivity contribution is 0.281. The average molecular weight is 405 g/mol. The smallest absolute Gasteiger partial charge is 0.260 e. The maximum absolute atomic E-state index is 6.02. The fraction of sp³-hybridized carbons (Fsp3) is 0.188. The Morgan fingerprint density at radius 2 is 2.04 bits per heavy atom. The van der Waals surface area contributed by atoms with Crippen molar-refractivity contribution >= 4 is 21.9 Å². The number of nitrogens with two attached hydrogens (primary N) is 1. The second-order valence-corrected chi connectivity index (χ2v) is 6.07. The highest BCUT2D eigenvalue weighted by Crippen LogP contribution is 2.35. The first-order chi connectivity index (χ1) is 12.2. The number of ether oxygens (including phenoxy) is 2. The van der Waals surface area contributed by atoms with E-state index in [0.717, 1.165) is 15.6 Å². The molecule has 0 aliphatic carbocycles. The number of hydrogen-bond donors (Lipinski definition) is 2. The van der Waals surface area contributed by atoms with Gasteiger partial charge >= 0.3 is 0 Å². The fourth-order valence-corrected chi connectivity index (χ4v) is 2.75. The first-order valence-electron chi connectivity index (χ1n) is 7.48. The van der Waals surface area contributed by atoms with Crippen molar-refractivity contribution < 1.29 is 9.47 Å². The molecule has 3 N–H and O–H groups in total. The molecule has 1 aromatic heterocycles. The normalized spacial score (nSPS) is 10.5. The van der Waals surface area contributed by atoms with Crippen LogP contribution in [0.25, 0.3) is 0 Å². The van der Waals surface area contributed by atoms with Crippen molar-refractivity contribution in [3.8, 4) is 11.5 Å². The van der Waals surface area contributed by atoms with Crippen molar-refractivity contribution in [2.75, 3.05) is 18.3 Å². The van der Waals surface area contributed by atoms with E-state index in [1.54, 1.807) is 7.11 Å². The maximum atomic E-state index is 6.02. The van der Waals surface area contributed by atoms with Gasteiger partial charge in [-0.15, -0.1) is 4.79 Å². The van der Waals surface area contributed by atoms with Crippen LogP contribution in [-0.4, -0.2) is 27.4 Å². The molecular weight excluding hydrogens is 388 g/mol. The van der Waals surface area contributed by atoms with E-state index in [2.05, 4.69) is 36.9 Å². The SMILES string of the molecule is COc1cc(Br)cc(CNn2nnnc2N)c1OCc1ccccc1. The first-order valence-corrected chi connectivity index (χ1v) is 8.27. The van der Waals surface area contributed by atoms with E-state index >= 15 is 0 Å². The third-order valence-corrected chi connectivity index (χ3v) is 3.91. The Labute approximate surface area is 153 Å². The number of nitrogen functional groups attached to an aromatic ring is 1. The minimum absolute atomic E-state index is 0.175. The molecule has 1 heterocycles. The molecule has 0 radical (unpaired) electrons. The van der Waals surface area contributed by atoms with Gasteiger partial charge in [0.15, 0.2) is 11.5 Å². The number of methoxy groups -OCH3 is 1. The number of nitrogens with one attached hydrogen (secondary N) is 1. The van der Waals surface area contributed by atoms with Crippen molar-refractivity contribution in [3.63, 3.8) is 0 Å². The monoisotopic (exact) mass is 404 g/mol. The van der Waals surface area contributed by atoms with Crippen molar-refractivity contribution in [1.82, 2.24) is 20.3 Å². The van der Waals surface area contributed by atoms with Gasteiger partial charge in [0.1, 0.15) is 6.61 Å². The highest BCUT2D eigenvalue weighted by atomic mass is 79.9. The Morgan fingerprint density at radius 1 is 1.24 bits per heavy atom. The molecule has 9 heteroatoms. The van der Waals surface area contributed by atoms with Gasteiger partial charge in [-0.25, -0.2) is 0 Å². The second kappa shape index (κ2) is 7.84. The second-order valence-electron chi connectivity index (χ2n) is 5.15. The van der Waals surface area contributed by atoms with Crippen molar-refractivity contribution in [2.24, 2.45) is 0 Å². The van der Waals surface area contributed by atoms with Crippen LogP contribution in [0.2, 0.25) is 0 Å². The highest BCUT2D eigenvalue weighted by molar-refractivity contribution is 9.10. The maximum Gasteiger partial charge on any atom is 0.260 e. The molecule has 3 aromatic rings. The molecule has 3 rings (SSSR count). The number of halogens is 1. The molecule has 130 valence electrons. The third kappa shape index (κ3) is 4.18. The lowest BCUT2D eigenvalue weighted by atomic mass is 10.2. The van der Waals surface area contributed by atoms with Crippen LogP contribution in [0.3, 0.4) is 0 Å². The summed E-state index contributed by atoms with van der Waals surface area (Å²) in [7, 11) is 1.60. The van der Waals surface area contributed by atoms with Gasteiger partial charge in [0.05, 0.1) is 13.7 Å². The van der Waals surface area contributed by atoms with E-state index in [1.165, 1.54) is 4.79 Å². The summed E-state index contributed by atoms with van der Waals surface area (Å²) in [4.78, 5) is 1.30. The summed E-state index contributed by atoms with van der Waals surface area (Å²) in [6, 6.07) is 13.7. The van der Waals surface area contributed by atoms with Gasteiger partial charge in [-0.2, -0.15) is 0 Å². The van der Waals surface area contributed by atoms with Crippen molar-refractivity contribution in [2.45, 2.75) is 13.2 Å². The summed E-state index contributed by atoms with van der Waals surface area (Å²) in [5, 5.41) is 10.9. The molecule has 0 spiro atoms. The first kappa shape index (κ1) is 17.0. The molecule has 0 aliphatic rings. The zero-order chi connectivity index (χ0) is 17.6. The molecule has 0 atom stereocenters. The van der Waals surface area contributed by atoms with E-state index in [9.17, 15) is 0 Å². The summed E-state index contributed by atoms with van der Waals surface area (Å²) in [6.07, 6.45) is 0. The number of hydrogen-bond acceptors (Lipinski definition) is 7. The quantitative estimate of drug-likeness (QED) is 0.623. The summed E-state index contributed by atoms with van der Waals surface area (Å²) >= 11 is 3.48. The number of aromatic nitrogens is 4. The van der Waals surface area contributed by atoms with Gasteiger partial charge < -0.3 is 20.6 Å². The van der Waals surface area contributed by atoms with Crippen LogP contribution in [0.4, 0.5) is 5.95 Å². The molecule has 0 saturated heterocycles. The Hall–Kier alpha value is -2.81. The van der Waals surface area contributed by atoms with E-state index in [0.29, 0.717) is 24.7 Å². The van der Waals surface area contributed by atoms with Crippen LogP contribution in [-0.2, 0) is 13.2 Å². The van der Waals surface area contributed by atoms with Gasteiger partial charge in [0.25, 0.3) is 5.95 Å². The molecule has 0 fully saturated rings. The summed E-state index contributed by atoms with van der Waals surface area (Å²) in [5.41, 5.74) is 10.6. The van der Waals surface area contributed by atoms with Gasteiger partial charge in [0, 0.05) is 10.0 Å². The zero-order valence-corrected chi connectivity index (χ0v) is 15.1. The average Bonchev–Trinajstić information content (AvgIpc) is 3.04. The minimum Gasteiger partial charge on any atom is -0.493 e. The molecular formula is C16H17BrN6O2. The fourth-order valence-electron chi connectivity index (χ4n) is 2.27. The molecule has 0 saturated carbocycles. The van der Waals surface area contributed by atoms with Crippen LogP contribution in [0.15, 0.2) is 46.9 Å². The standard InChI is InChI=1S/C16H17BrN6O2/c1-24-14-8-13(17)7-12(9-19-23-16(18)20-21-22-23)15(14)25-10-11-5-3-2-4-6-11/h2-8,19H,9-10H2,1H3,(H2,18,20,22). The van der Waals surface area contributed by atoms with Crippen molar-refractivity contribution in [3.05, 3.63) is 58.1 Å². The lowest BCUT2D eigenvalue weighted by Gasteiger charge is -2.16. The number of rotatable bonds is 7. The number of nitrogens with zero attached hydrogens (tertiary/aromatic N) is 4. The predicted octanol–water partition coefficient (Wildman–Crippen LogP) is 2.35. The molecule has 8 nitrogen and oxygen atoms in total. The molecule has 0 unspecified atom stereocenters. The van der Waals surface area contributed by atoms with Crippen LogP contribution in [0, 0.1) is 0 Å². The van der Waals surface area contributed by atoms with Gasteiger partial charge in [-0.05, 0) is 28.1 Å². The molecule has 2 aromatic carbocycles. The third-order valence-electron chi connectivity index (χ3n) is 3.46. The Bertz CT molecular complexity index is 840. The van der Waals surface area contributed by atoms with Gasteiger partial charge in [-0.1, -0.05) is 51.4 Å². The van der Waals surface area contributed by atoms with Crippen LogP contribution in [0.1, 0.15) is 11.1 Å². The summed E-state index contributed by atoms with van der Waals surface area (Å²) < 4.78 is 12.4. The predicted molar refractivity (Wildman–Crippen MR) is 96.8 cm³/mol. The summed E-state index contributed by atoms with van der Waals surface area (Å²) in [5.74, 6) is 1.45. The van der Waals surface area contributed by atoms with E-state index in [4.69, 9.17) is 15.2 Å². The Kier molecular flexibility index (Phi) is 5.34. The Morgan fingerprint density at radius 3 is 2.72 bits per heavy atom. The summed E-state index contributed by atoms with van der Waals surface area (Å²) in [6.45, 7) is 0.827. The van der Waals surface area contributed by atoms with E-state index in [1.807, 2.05) is 42.5 Å². The van der Waals surface area contributed by atoms with Gasteiger partial charge in [-0.3, -0.25) is 0 Å². The topological polar surface area (TPSA) is 100 Å². The molecule has 0 aliphatic heterocycles. The van der Waals surface area contributed by atoms with E-state index in [-0.39, 0.29) is 5.95 Å². The molecule has 0 amide bonds. The number of benzene rings is 2. The van der Waals surface area contributed by atoms with Gasteiger partial charge in [0.2, 0.25) is 0 Å². The largest absolute Gasteiger partial charge is 0.493 e. The van der Waals surface area contributed by atoms with Crippen LogP contribution < -0.4 is 20.6 Å².